The number of rotatable bonds is 3. The Morgan fingerprint density at radius 3 is 2.86 bits per heavy atom. The third-order valence-corrected chi connectivity index (χ3v) is 5.39. The molecule has 118 valence electrons. The van der Waals surface area contributed by atoms with Gasteiger partial charge in [-0.15, -0.1) is 0 Å². The topological polar surface area (TPSA) is 36.4 Å². The molecule has 5 heteroatoms. The Labute approximate surface area is 135 Å². The number of hydrogen-bond acceptors (Lipinski definition) is 4. The molecule has 0 spiro atoms. The predicted octanol–water partition coefficient (Wildman–Crippen LogP) is 3.33. The SMILES string of the molecule is CC(C)c1cccc2sc(N3CCC(C(=O)N(C)C)C3)nc12. The second kappa shape index (κ2) is 5.88. The first kappa shape index (κ1) is 15.3. The second-order valence-corrected chi connectivity index (χ2v) is 7.52. The van der Waals surface area contributed by atoms with Crippen LogP contribution in [0.15, 0.2) is 18.2 Å². The van der Waals surface area contributed by atoms with Gasteiger partial charge in [0, 0.05) is 27.2 Å². The minimum atomic E-state index is 0.103. The molecule has 1 unspecified atom stereocenters. The number of hydrogen-bond donors (Lipinski definition) is 0. The molecule has 1 atom stereocenters. The average Bonchev–Trinajstić information content (AvgIpc) is 3.11. The van der Waals surface area contributed by atoms with Gasteiger partial charge in [-0.05, 0) is 24.0 Å². The number of fused-ring (bicyclic) bond motifs is 1. The first-order valence-corrected chi connectivity index (χ1v) is 8.64. The van der Waals surface area contributed by atoms with E-state index in [1.54, 1.807) is 16.2 Å². The monoisotopic (exact) mass is 317 g/mol. The third-order valence-electron chi connectivity index (χ3n) is 4.31. The van der Waals surface area contributed by atoms with Crippen molar-refractivity contribution >= 4 is 32.6 Å². The van der Waals surface area contributed by atoms with E-state index in [4.69, 9.17) is 4.98 Å². The number of anilines is 1. The summed E-state index contributed by atoms with van der Waals surface area (Å²) in [5.41, 5.74) is 2.43. The Kier molecular flexibility index (Phi) is 4.08. The zero-order chi connectivity index (χ0) is 15.9. The molecule has 0 radical (unpaired) electrons. The Morgan fingerprint density at radius 2 is 2.18 bits per heavy atom. The standard InChI is InChI=1S/C17H23N3OS/c1-11(2)13-6-5-7-14-15(13)18-17(22-14)20-9-8-12(10-20)16(21)19(3)4/h5-7,11-12H,8-10H2,1-4H3. The Balaban J connectivity index is 1.86. The summed E-state index contributed by atoms with van der Waals surface area (Å²) in [4.78, 5) is 21.0. The number of aromatic nitrogens is 1. The summed E-state index contributed by atoms with van der Waals surface area (Å²) in [7, 11) is 3.66. The van der Waals surface area contributed by atoms with E-state index in [-0.39, 0.29) is 11.8 Å². The average molecular weight is 317 g/mol. The summed E-state index contributed by atoms with van der Waals surface area (Å²) in [6.45, 7) is 6.11. The number of thiazole rings is 1. The third kappa shape index (κ3) is 2.70. The van der Waals surface area contributed by atoms with Crippen LogP contribution in [0.25, 0.3) is 10.2 Å². The van der Waals surface area contributed by atoms with E-state index < -0.39 is 0 Å². The van der Waals surface area contributed by atoms with Crippen molar-refractivity contribution in [1.82, 2.24) is 9.88 Å². The van der Waals surface area contributed by atoms with Crippen molar-refractivity contribution in [3.05, 3.63) is 23.8 Å². The Hall–Kier alpha value is -1.62. The van der Waals surface area contributed by atoms with Crippen molar-refractivity contribution in [2.24, 2.45) is 5.92 Å². The first-order valence-electron chi connectivity index (χ1n) is 7.83. The lowest BCUT2D eigenvalue weighted by molar-refractivity contribution is -0.132. The van der Waals surface area contributed by atoms with Gasteiger partial charge in [0.25, 0.3) is 0 Å². The zero-order valence-electron chi connectivity index (χ0n) is 13.7. The van der Waals surface area contributed by atoms with Gasteiger partial charge in [0.05, 0.1) is 16.1 Å². The van der Waals surface area contributed by atoms with Crippen molar-refractivity contribution in [3.63, 3.8) is 0 Å². The van der Waals surface area contributed by atoms with Crippen molar-refractivity contribution in [2.75, 3.05) is 32.1 Å². The molecule has 0 saturated carbocycles. The molecule has 1 saturated heterocycles. The Morgan fingerprint density at radius 1 is 1.41 bits per heavy atom. The quantitative estimate of drug-likeness (QED) is 0.871. The number of para-hydroxylation sites is 1. The van der Waals surface area contributed by atoms with Gasteiger partial charge >= 0.3 is 0 Å². The maximum absolute atomic E-state index is 12.1. The van der Waals surface area contributed by atoms with E-state index in [9.17, 15) is 4.79 Å². The van der Waals surface area contributed by atoms with Crippen LogP contribution in [0.2, 0.25) is 0 Å². The molecule has 4 nitrogen and oxygen atoms in total. The Bertz CT molecular complexity index is 692. The summed E-state index contributed by atoms with van der Waals surface area (Å²) >= 11 is 1.74. The summed E-state index contributed by atoms with van der Waals surface area (Å²) in [5.74, 6) is 0.804. The van der Waals surface area contributed by atoms with E-state index >= 15 is 0 Å². The van der Waals surface area contributed by atoms with E-state index in [1.165, 1.54) is 10.3 Å². The maximum Gasteiger partial charge on any atom is 0.227 e. The van der Waals surface area contributed by atoms with Gasteiger partial charge in [-0.3, -0.25) is 4.79 Å². The summed E-state index contributed by atoms with van der Waals surface area (Å²) in [6, 6.07) is 6.42. The smallest absolute Gasteiger partial charge is 0.227 e. The van der Waals surface area contributed by atoms with Gasteiger partial charge in [0.15, 0.2) is 5.13 Å². The molecule has 2 aromatic rings. The normalized spacial score (nSPS) is 18.4. The molecule has 1 aromatic carbocycles. The lowest BCUT2D eigenvalue weighted by Gasteiger charge is -2.17. The van der Waals surface area contributed by atoms with Crippen LogP contribution in [0, 0.1) is 5.92 Å². The zero-order valence-corrected chi connectivity index (χ0v) is 14.5. The molecule has 0 aliphatic carbocycles. The largest absolute Gasteiger partial charge is 0.349 e. The molecule has 0 bridgehead atoms. The van der Waals surface area contributed by atoms with Crippen molar-refractivity contribution < 1.29 is 4.79 Å². The lowest BCUT2D eigenvalue weighted by Crippen LogP contribution is -2.31. The van der Waals surface area contributed by atoms with E-state index in [1.807, 2.05) is 14.1 Å². The maximum atomic E-state index is 12.1. The molecule has 2 heterocycles. The van der Waals surface area contributed by atoms with Gasteiger partial charge in [-0.1, -0.05) is 37.3 Å². The van der Waals surface area contributed by atoms with Crippen LogP contribution in [0.4, 0.5) is 5.13 Å². The summed E-state index contributed by atoms with van der Waals surface area (Å²) in [5, 5.41) is 1.05. The van der Waals surface area contributed by atoms with Crippen LogP contribution >= 0.6 is 11.3 Å². The molecule has 3 rings (SSSR count). The molecule has 1 aliphatic heterocycles. The number of benzene rings is 1. The van der Waals surface area contributed by atoms with Gasteiger partial charge in [-0.2, -0.15) is 0 Å². The highest BCUT2D eigenvalue weighted by Crippen LogP contribution is 2.35. The molecular weight excluding hydrogens is 294 g/mol. The fraction of sp³-hybridized carbons (Fsp3) is 0.529. The highest BCUT2D eigenvalue weighted by atomic mass is 32.1. The van der Waals surface area contributed by atoms with Crippen LogP contribution < -0.4 is 4.90 Å². The molecule has 1 aliphatic rings. The minimum Gasteiger partial charge on any atom is -0.349 e. The number of carbonyl (C=O) groups is 1. The second-order valence-electron chi connectivity index (χ2n) is 6.51. The van der Waals surface area contributed by atoms with Gasteiger partial charge in [0.1, 0.15) is 0 Å². The van der Waals surface area contributed by atoms with E-state index in [2.05, 4.69) is 36.9 Å². The predicted molar refractivity (Wildman–Crippen MR) is 92.7 cm³/mol. The molecule has 1 fully saturated rings. The minimum absolute atomic E-state index is 0.103. The van der Waals surface area contributed by atoms with Gasteiger partial charge < -0.3 is 9.80 Å². The van der Waals surface area contributed by atoms with Crippen LogP contribution in [0.1, 0.15) is 31.7 Å². The summed E-state index contributed by atoms with van der Waals surface area (Å²) in [6.07, 6.45) is 0.921. The van der Waals surface area contributed by atoms with Crippen LogP contribution in [0.5, 0.6) is 0 Å². The van der Waals surface area contributed by atoms with Crippen LogP contribution in [-0.2, 0) is 4.79 Å². The van der Waals surface area contributed by atoms with E-state index in [0.717, 1.165) is 30.2 Å². The van der Waals surface area contributed by atoms with Gasteiger partial charge in [0.2, 0.25) is 5.91 Å². The van der Waals surface area contributed by atoms with Crippen molar-refractivity contribution in [3.8, 4) is 0 Å². The molecule has 22 heavy (non-hydrogen) atoms. The number of nitrogens with zero attached hydrogens (tertiary/aromatic N) is 3. The van der Waals surface area contributed by atoms with Crippen molar-refractivity contribution in [2.45, 2.75) is 26.2 Å². The molecular formula is C17H23N3OS. The molecule has 1 aromatic heterocycles. The highest BCUT2D eigenvalue weighted by molar-refractivity contribution is 7.22. The number of carbonyl (C=O) groups excluding carboxylic acids is 1. The van der Waals surface area contributed by atoms with Crippen LogP contribution in [-0.4, -0.2) is 43.0 Å². The van der Waals surface area contributed by atoms with Gasteiger partial charge in [-0.25, -0.2) is 4.98 Å². The van der Waals surface area contributed by atoms with Crippen molar-refractivity contribution in [1.29, 1.82) is 0 Å². The summed E-state index contributed by atoms with van der Waals surface area (Å²) < 4.78 is 1.24. The molecule has 0 N–H and O–H groups in total. The fourth-order valence-electron chi connectivity index (χ4n) is 3.06. The fourth-order valence-corrected chi connectivity index (χ4v) is 4.10. The number of amides is 1. The lowest BCUT2D eigenvalue weighted by atomic mass is 10.0. The molecule has 1 amide bonds. The van der Waals surface area contributed by atoms with E-state index in [0.29, 0.717) is 5.92 Å². The van der Waals surface area contributed by atoms with Crippen LogP contribution in [0.3, 0.4) is 0 Å². The first-order chi connectivity index (χ1) is 10.5. The highest BCUT2D eigenvalue weighted by Gasteiger charge is 2.31.